The van der Waals surface area contributed by atoms with Crippen LogP contribution in [0.4, 0.5) is 11.6 Å². The number of nitrogens with one attached hydrogen (secondary N) is 2. The molecule has 0 spiro atoms. The van der Waals surface area contributed by atoms with Gasteiger partial charge in [0, 0.05) is 53.2 Å². The summed E-state index contributed by atoms with van der Waals surface area (Å²) in [7, 11) is 0. The maximum absolute atomic E-state index is 12.9. The van der Waals surface area contributed by atoms with Gasteiger partial charge in [-0.2, -0.15) is 0 Å². The van der Waals surface area contributed by atoms with Crippen LogP contribution in [0.1, 0.15) is 30.1 Å². The van der Waals surface area contributed by atoms with Crippen LogP contribution >= 0.6 is 11.6 Å². The van der Waals surface area contributed by atoms with Crippen LogP contribution in [-0.4, -0.2) is 57.7 Å². The Morgan fingerprint density at radius 2 is 1.82 bits per heavy atom. The van der Waals surface area contributed by atoms with Crippen molar-refractivity contribution < 1.29 is 9.90 Å². The minimum atomic E-state index is 0.0381. The fraction of sp³-hybridized carbons (Fsp3) is 0.320. The van der Waals surface area contributed by atoms with E-state index in [2.05, 4.69) is 20.6 Å². The third kappa shape index (κ3) is 6.07. The molecule has 0 saturated carbocycles. The van der Waals surface area contributed by atoms with Crippen LogP contribution in [0.15, 0.2) is 60.8 Å². The number of carbonyl (C=O) groups is 1. The third-order valence-corrected chi connectivity index (χ3v) is 6.01. The lowest BCUT2D eigenvalue weighted by Crippen LogP contribution is -2.47. The molecule has 0 aliphatic carbocycles. The number of aliphatic hydroxyl groups is 1. The molecule has 1 unspecified atom stereocenters. The van der Waals surface area contributed by atoms with Gasteiger partial charge >= 0.3 is 0 Å². The fourth-order valence-electron chi connectivity index (χ4n) is 3.91. The van der Waals surface area contributed by atoms with Crippen molar-refractivity contribution in [3.63, 3.8) is 0 Å². The smallest absolute Gasteiger partial charge is 0.253 e. The molecule has 1 fully saturated rings. The first kappa shape index (κ1) is 23.2. The zero-order valence-corrected chi connectivity index (χ0v) is 19.3. The van der Waals surface area contributed by atoms with E-state index in [1.165, 1.54) is 0 Å². The summed E-state index contributed by atoms with van der Waals surface area (Å²) in [5.41, 5.74) is 3.21. The summed E-state index contributed by atoms with van der Waals surface area (Å²) < 4.78 is 0. The summed E-state index contributed by atoms with van der Waals surface area (Å²) in [5, 5.41) is 16.5. The number of rotatable bonds is 7. The number of hydrogen-bond acceptors (Lipinski definition) is 6. The monoisotopic (exact) mass is 465 g/mol. The summed E-state index contributed by atoms with van der Waals surface area (Å²) >= 11 is 5.97. The van der Waals surface area contributed by atoms with Gasteiger partial charge in [0.2, 0.25) is 5.95 Å². The van der Waals surface area contributed by atoms with Gasteiger partial charge in [-0.05, 0) is 62.2 Å². The second kappa shape index (κ2) is 10.7. The van der Waals surface area contributed by atoms with E-state index >= 15 is 0 Å². The molecule has 2 aromatic carbocycles. The van der Waals surface area contributed by atoms with E-state index in [0.29, 0.717) is 35.7 Å². The topological polar surface area (TPSA) is 90.4 Å². The van der Waals surface area contributed by atoms with E-state index in [0.717, 1.165) is 29.8 Å². The van der Waals surface area contributed by atoms with E-state index in [1.54, 1.807) is 6.20 Å². The number of aliphatic hydroxyl groups excluding tert-OH is 1. The molecule has 4 rings (SSSR count). The molecule has 2 heterocycles. The lowest BCUT2D eigenvalue weighted by atomic mass is 10.0. The Bertz CT molecular complexity index is 1070. The Kier molecular flexibility index (Phi) is 7.54. The SMILES string of the molecule is CC(CO)NC1CCN(C(=O)c2ccc(Nc3nccc(-c4ccc(Cl)cc4)n3)cc2)CC1. The average Bonchev–Trinajstić information content (AvgIpc) is 2.85. The molecular weight excluding hydrogens is 438 g/mol. The van der Waals surface area contributed by atoms with Crippen molar-refractivity contribution in [3.8, 4) is 11.3 Å². The molecule has 3 N–H and O–H groups in total. The van der Waals surface area contributed by atoms with Crippen LogP contribution in [0.25, 0.3) is 11.3 Å². The molecule has 172 valence electrons. The highest BCUT2D eigenvalue weighted by molar-refractivity contribution is 6.30. The van der Waals surface area contributed by atoms with Gasteiger partial charge in [0.05, 0.1) is 12.3 Å². The fourth-order valence-corrected chi connectivity index (χ4v) is 4.04. The number of benzene rings is 2. The van der Waals surface area contributed by atoms with Gasteiger partial charge < -0.3 is 20.6 Å². The first-order valence-corrected chi connectivity index (χ1v) is 11.5. The first-order valence-electron chi connectivity index (χ1n) is 11.1. The molecule has 7 nitrogen and oxygen atoms in total. The molecule has 0 radical (unpaired) electrons. The van der Waals surface area contributed by atoms with Crippen molar-refractivity contribution in [3.05, 3.63) is 71.4 Å². The van der Waals surface area contributed by atoms with Crippen LogP contribution in [0.2, 0.25) is 5.02 Å². The zero-order valence-electron chi connectivity index (χ0n) is 18.5. The highest BCUT2D eigenvalue weighted by Gasteiger charge is 2.24. The minimum absolute atomic E-state index is 0.0381. The van der Waals surface area contributed by atoms with Crippen molar-refractivity contribution in [2.75, 3.05) is 25.0 Å². The highest BCUT2D eigenvalue weighted by atomic mass is 35.5. The highest BCUT2D eigenvalue weighted by Crippen LogP contribution is 2.22. The van der Waals surface area contributed by atoms with Gasteiger partial charge in [0.15, 0.2) is 0 Å². The Balaban J connectivity index is 1.35. The van der Waals surface area contributed by atoms with Gasteiger partial charge in [0.25, 0.3) is 5.91 Å². The van der Waals surface area contributed by atoms with Crippen molar-refractivity contribution in [2.45, 2.75) is 31.8 Å². The van der Waals surface area contributed by atoms with Crippen molar-refractivity contribution in [1.82, 2.24) is 20.2 Å². The minimum Gasteiger partial charge on any atom is -0.395 e. The van der Waals surface area contributed by atoms with Gasteiger partial charge in [-0.3, -0.25) is 4.79 Å². The number of anilines is 2. The largest absolute Gasteiger partial charge is 0.395 e. The number of carbonyl (C=O) groups excluding carboxylic acids is 1. The van der Waals surface area contributed by atoms with E-state index in [-0.39, 0.29) is 18.6 Å². The zero-order chi connectivity index (χ0) is 23.2. The third-order valence-electron chi connectivity index (χ3n) is 5.76. The Morgan fingerprint density at radius 1 is 1.12 bits per heavy atom. The summed E-state index contributed by atoms with van der Waals surface area (Å²) in [6.07, 6.45) is 3.48. The Hall–Kier alpha value is -3.00. The quantitative estimate of drug-likeness (QED) is 0.486. The van der Waals surface area contributed by atoms with Crippen LogP contribution < -0.4 is 10.6 Å². The van der Waals surface area contributed by atoms with E-state index < -0.39 is 0 Å². The molecule has 1 aromatic heterocycles. The second-order valence-electron chi connectivity index (χ2n) is 8.29. The standard InChI is InChI=1S/C25H28ClN5O2/c1-17(16-32)28-22-11-14-31(15-12-22)24(33)19-4-8-21(9-5-19)29-25-27-13-10-23(30-25)18-2-6-20(26)7-3-18/h2-10,13,17,22,28,32H,11-12,14-16H2,1H3,(H,27,29,30). The number of piperidine rings is 1. The van der Waals surface area contributed by atoms with Crippen LogP contribution in [0.5, 0.6) is 0 Å². The van der Waals surface area contributed by atoms with Gasteiger partial charge in [-0.25, -0.2) is 9.97 Å². The van der Waals surface area contributed by atoms with E-state index in [1.807, 2.05) is 66.4 Å². The van der Waals surface area contributed by atoms with Crippen molar-refractivity contribution >= 4 is 29.1 Å². The molecule has 3 aromatic rings. The second-order valence-corrected chi connectivity index (χ2v) is 8.73. The lowest BCUT2D eigenvalue weighted by molar-refractivity contribution is 0.0698. The van der Waals surface area contributed by atoms with Crippen LogP contribution in [0, 0.1) is 0 Å². The molecule has 1 amide bonds. The molecule has 33 heavy (non-hydrogen) atoms. The number of nitrogens with zero attached hydrogens (tertiary/aromatic N) is 3. The van der Waals surface area contributed by atoms with Crippen molar-refractivity contribution in [2.24, 2.45) is 0 Å². The molecule has 1 atom stereocenters. The molecule has 0 bridgehead atoms. The molecule has 8 heteroatoms. The maximum atomic E-state index is 12.9. The predicted molar refractivity (Wildman–Crippen MR) is 131 cm³/mol. The number of halogens is 1. The molecule has 1 saturated heterocycles. The van der Waals surface area contributed by atoms with E-state index in [4.69, 9.17) is 11.6 Å². The number of likely N-dealkylation sites (tertiary alicyclic amines) is 1. The first-order chi connectivity index (χ1) is 16.0. The summed E-state index contributed by atoms with van der Waals surface area (Å²) in [6.45, 7) is 3.50. The van der Waals surface area contributed by atoms with Gasteiger partial charge in [-0.15, -0.1) is 0 Å². The van der Waals surface area contributed by atoms with Crippen LogP contribution in [-0.2, 0) is 0 Å². The molecule has 1 aliphatic rings. The molecule has 1 aliphatic heterocycles. The Morgan fingerprint density at radius 3 is 2.48 bits per heavy atom. The summed E-state index contributed by atoms with van der Waals surface area (Å²) in [6, 6.07) is 17.1. The number of hydrogen-bond donors (Lipinski definition) is 3. The Labute approximate surface area is 198 Å². The maximum Gasteiger partial charge on any atom is 0.253 e. The number of amides is 1. The number of aromatic nitrogens is 2. The normalized spacial score (nSPS) is 15.3. The molecular formula is C25H28ClN5O2. The van der Waals surface area contributed by atoms with Gasteiger partial charge in [0.1, 0.15) is 0 Å². The summed E-state index contributed by atoms with van der Waals surface area (Å²) in [4.78, 5) is 23.7. The average molecular weight is 466 g/mol. The van der Waals surface area contributed by atoms with Gasteiger partial charge in [-0.1, -0.05) is 23.7 Å². The predicted octanol–water partition coefficient (Wildman–Crippen LogP) is 4.12. The summed E-state index contributed by atoms with van der Waals surface area (Å²) in [5.74, 6) is 0.518. The van der Waals surface area contributed by atoms with Crippen LogP contribution in [0.3, 0.4) is 0 Å². The van der Waals surface area contributed by atoms with E-state index in [9.17, 15) is 9.90 Å². The lowest BCUT2D eigenvalue weighted by Gasteiger charge is -2.33. The van der Waals surface area contributed by atoms with Crippen molar-refractivity contribution in [1.29, 1.82) is 0 Å².